The fourth-order valence-electron chi connectivity index (χ4n) is 3.74. The van der Waals surface area contributed by atoms with Gasteiger partial charge in [-0.1, -0.05) is 31.2 Å². The standard InChI is InChI=1S/C23H23N3O2/c1-3-16-9-10-21-19(12-16)20(11-15(2)24-21)23(28)25-17-13-22(27)26(14-17)18-7-5-4-6-8-18/h4-12,17H,3,13-14H2,1-2H3,(H,25,28)/t17-/m1/s1. The zero-order valence-electron chi connectivity index (χ0n) is 16.1. The molecule has 0 aliphatic carbocycles. The average molecular weight is 373 g/mol. The molecule has 0 bridgehead atoms. The summed E-state index contributed by atoms with van der Waals surface area (Å²) in [6.07, 6.45) is 1.21. The first-order valence-corrected chi connectivity index (χ1v) is 9.61. The maximum atomic E-state index is 13.0. The molecule has 0 radical (unpaired) electrons. The lowest BCUT2D eigenvalue weighted by molar-refractivity contribution is -0.117. The molecular weight excluding hydrogens is 350 g/mol. The number of amides is 2. The maximum Gasteiger partial charge on any atom is 0.252 e. The number of anilines is 1. The number of hydrogen-bond donors (Lipinski definition) is 1. The maximum absolute atomic E-state index is 13.0. The number of carbonyl (C=O) groups is 2. The molecule has 4 rings (SSSR count). The Bertz CT molecular complexity index is 1050. The summed E-state index contributed by atoms with van der Waals surface area (Å²) >= 11 is 0. The quantitative estimate of drug-likeness (QED) is 0.759. The molecule has 142 valence electrons. The number of para-hydroxylation sites is 1. The molecule has 1 aliphatic rings. The Labute approximate surface area is 164 Å². The van der Waals surface area contributed by atoms with Crippen LogP contribution in [0.4, 0.5) is 5.69 Å². The van der Waals surface area contributed by atoms with E-state index in [4.69, 9.17) is 0 Å². The van der Waals surface area contributed by atoms with Crippen LogP contribution in [0.25, 0.3) is 10.9 Å². The van der Waals surface area contributed by atoms with Gasteiger partial charge in [0, 0.05) is 29.7 Å². The van der Waals surface area contributed by atoms with E-state index in [0.29, 0.717) is 18.5 Å². The van der Waals surface area contributed by atoms with E-state index in [2.05, 4.69) is 17.2 Å². The van der Waals surface area contributed by atoms with Gasteiger partial charge in [0.15, 0.2) is 0 Å². The highest BCUT2D eigenvalue weighted by Crippen LogP contribution is 2.23. The first kappa shape index (κ1) is 18.2. The average Bonchev–Trinajstić information content (AvgIpc) is 3.07. The summed E-state index contributed by atoms with van der Waals surface area (Å²) in [6, 6.07) is 17.2. The molecule has 1 N–H and O–H groups in total. The third-order valence-corrected chi connectivity index (χ3v) is 5.18. The Morgan fingerprint density at radius 1 is 1.18 bits per heavy atom. The van der Waals surface area contributed by atoms with Crippen molar-refractivity contribution in [3.05, 3.63) is 71.4 Å². The molecule has 1 fully saturated rings. The van der Waals surface area contributed by atoms with Gasteiger partial charge < -0.3 is 10.2 Å². The van der Waals surface area contributed by atoms with E-state index >= 15 is 0 Å². The highest BCUT2D eigenvalue weighted by molar-refractivity contribution is 6.07. The summed E-state index contributed by atoms with van der Waals surface area (Å²) in [4.78, 5) is 31.7. The normalized spacial score (nSPS) is 16.6. The zero-order valence-corrected chi connectivity index (χ0v) is 16.1. The van der Waals surface area contributed by atoms with Crippen molar-refractivity contribution < 1.29 is 9.59 Å². The summed E-state index contributed by atoms with van der Waals surface area (Å²) in [5.41, 5.74) is 4.26. The van der Waals surface area contributed by atoms with Gasteiger partial charge in [-0.2, -0.15) is 0 Å². The predicted octanol–water partition coefficient (Wildman–Crippen LogP) is 3.64. The van der Waals surface area contributed by atoms with E-state index in [0.717, 1.165) is 28.7 Å². The minimum atomic E-state index is -0.210. The Morgan fingerprint density at radius 3 is 2.71 bits per heavy atom. The second kappa shape index (κ2) is 7.43. The van der Waals surface area contributed by atoms with Crippen molar-refractivity contribution in [1.82, 2.24) is 10.3 Å². The SMILES string of the molecule is CCc1ccc2nc(C)cc(C(=O)N[C@@H]3CC(=O)N(c4ccccc4)C3)c2c1. The molecule has 1 aliphatic heterocycles. The van der Waals surface area contributed by atoms with E-state index in [9.17, 15) is 9.59 Å². The van der Waals surface area contributed by atoms with Gasteiger partial charge in [-0.25, -0.2) is 0 Å². The van der Waals surface area contributed by atoms with E-state index in [1.54, 1.807) is 4.90 Å². The summed E-state index contributed by atoms with van der Waals surface area (Å²) in [5, 5.41) is 3.91. The largest absolute Gasteiger partial charge is 0.347 e. The van der Waals surface area contributed by atoms with Crippen LogP contribution in [0.15, 0.2) is 54.6 Å². The van der Waals surface area contributed by atoms with Crippen molar-refractivity contribution in [2.24, 2.45) is 0 Å². The van der Waals surface area contributed by atoms with E-state index < -0.39 is 0 Å². The van der Waals surface area contributed by atoms with Crippen LogP contribution in [0.2, 0.25) is 0 Å². The number of fused-ring (bicyclic) bond motifs is 1. The molecule has 1 saturated heterocycles. The second-order valence-corrected chi connectivity index (χ2v) is 7.23. The van der Waals surface area contributed by atoms with E-state index in [-0.39, 0.29) is 17.9 Å². The molecule has 2 heterocycles. The molecule has 28 heavy (non-hydrogen) atoms. The lowest BCUT2D eigenvalue weighted by Gasteiger charge is -2.17. The molecule has 5 nitrogen and oxygen atoms in total. The fourth-order valence-corrected chi connectivity index (χ4v) is 3.74. The van der Waals surface area contributed by atoms with Gasteiger partial charge in [0.1, 0.15) is 0 Å². The summed E-state index contributed by atoms with van der Waals surface area (Å²) in [6.45, 7) is 4.46. The second-order valence-electron chi connectivity index (χ2n) is 7.23. The first-order valence-electron chi connectivity index (χ1n) is 9.61. The van der Waals surface area contributed by atoms with Crippen LogP contribution in [-0.4, -0.2) is 29.4 Å². The van der Waals surface area contributed by atoms with Gasteiger partial charge in [0.05, 0.1) is 17.1 Å². The monoisotopic (exact) mass is 373 g/mol. The van der Waals surface area contributed by atoms with Gasteiger partial charge in [-0.3, -0.25) is 14.6 Å². The Balaban J connectivity index is 1.58. The number of rotatable bonds is 4. The highest BCUT2D eigenvalue weighted by atomic mass is 16.2. The van der Waals surface area contributed by atoms with Crippen LogP contribution in [0.3, 0.4) is 0 Å². The molecule has 1 atom stereocenters. The van der Waals surface area contributed by atoms with Crippen LogP contribution in [0.1, 0.15) is 35.0 Å². The van der Waals surface area contributed by atoms with Crippen molar-refractivity contribution in [3.8, 4) is 0 Å². The number of pyridine rings is 1. The van der Waals surface area contributed by atoms with Gasteiger partial charge in [0.2, 0.25) is 5.91 Å². The van der Waals surface area contributed by atoms with Gasteiger partial charge in [0.25, 0.3) is 5.91 Å². The Morgan fingerprint density at radius 2 is 1.96 bits per heavy atom. The summed E-state index contributed by atoms with van der Waals surface area (Å²) in [5.74, 6) is -0.128. The molecule has 0 unspecified atom stereocenters. The Kier molecular flexibility index (Phi) is 4.82. The molecule has 2 aromatic carbocycles. The van der Waals surface area contributed by atoms with Crippen LogP contribution < -0.4 is 10.2 Å². The number of hydrogen-bond acceptors (Lipinski definition) is 3. The molecule has 2 amide bonds. The topological polar surface area (TPSA) is 62.3 Å². The van der Waals surface area contributed by atoms with Crippen molar-refractivity contribution in [3.63, 3.8) is 0 Å². The third kappa shape index (κ3) is 3.48. The lowest BCUT2D eigenvalue weighted by atomic mass is 10.0. The number of aryl methyl sites for hydroxylation is 2. The van der Waals surface area contributed by atoms with Gasteiger partial charge >= 0.3 is 0 Å². The van der Waals surface area contributed by atoms with Crippen LogP contribution in [0, 0.1) is 6.92 Å². The molecule has 1 aromatic heterocycles. The van der Waals surface area contributed by atoms with E-state index in [1.165, 1.54) is 5.56 Å². The summed E-state index contributed by atoms with van der Waals surface area (Å²) < 4.78 is 0. The van der Waals surface area contributed by atoms with Crippen molar-refractivity contribution in [2.75, 3.05) is 11.4 Å². The number of aromatic nitrogens is 1. The minimum absolute atomic E-state index is 0.0283. The minimum Gasteiger partial charge on any atom is -0.347 e. The molecule has 0 spiro atoms. The van der Waals surface area contributed by atoms with Crippen LogP contribution in [-0.2, 0) is 11.2 Å². The molecule has 0 saturated carbocycles. The Hall–Kier alpha value is -3.21. The van der Waals surface area contributed by atoms with Crippen molar-refractivity contribution in [1.29, 1.82) is 0 Å². The van der Waals surface area contributed by atoms with Crippen molar-refractivity contribution >= 4 is 28.4 Å². The molecular formula is C23H23N3O2. The predicted molar refractivity (Wildman–Crippen MR) is 111 cm³/mol. The number of nitrogens with zero attached hydrogens (tertiary/aromatic N) is 2. The van der Waals surface area contributed by atoms with Crippen LogP contribution in [0.5, 0.6) is 0 Å². The van der Waals surface area contributed by atoms with E-state index in [1.807, 2.05) is 61.5 Å². The third-order valence-electron chi connectivity index (χ3n) is 5.18. The lowest BCUT2D eigenvalue weighted by Crippen LogP contribution is -2.37. The first-order chi connectivity index (χ1) is 13.5. The molecule has 3 aromatic rings. The van der Waals surface area contributed by atoms with Crippen molar-refractivity contribution in [2.45, 2.75) is 32.7 Å². The number of carbonyl (C=O) groups excluding carboxylic acids is 2. The van der Waals surface area contributed by atoms with Gasteiger partial charge in [-0.15, -0.1) is 0 Å². The number of benzene rings is 2. The molecule has 5 heteroatoms. The summed E-state index contributed by atoms with van der Waals surface area (Å²) in [7, 11) is 0. The highest BCUT2D eigenvalue weighted by Gasteiger charge is 2.32. The van der Waals surface area contributed by atoms with Gasteiger partial charge in [-0.05, 0) is 49.2 Å². The zero-order chi connectivity index (χ0) is 19.7. The number of nitrogens with one attached hydrogen (secondary N) is 1. The van der Waals surface area contributed by atoms with Crippen LogP contribution >= 0.6 is 0 Å². The smallest absolute Gasteiger partial charge is 0.252 e. The fraction of sp³-hybridized carbons (Fsp3) is 0.261.